The molecule has 0 aliphatic carbocycles. The number of aryl methyl sites for hydroxylation is 10. The van der Waals surface area contributed by atoms with E-state index in [1.165, 1.54) is 42.9 Å². The summed E-state index contributed by atoms with van der Waals surface area (Å²) in [5, 5.41) is 0. The number of piperazine rings is 1. The monoisotopic (exact) mass is 570 g/mol. The molecule has 0 N–H and O–H groups in total. The Hall–Kier alpha value is -3.48. The molecule has 0 unspecified atom stereocenters. The van der Waals surface area contributed by atoms with E-state index < -0.39 is 0 Å². The number of aromatic nitrogens is 4. The van der Waals surface area contributed by atoms with Gasteiger partial charge in [-0.15, -0.1) is 0 Å². The van der Waals surface area contributed by atoms with Gasteiger partial charge in [0.25, 0.3) is 0 Å². The van der Waals surface area contributed by atoms with Crippen LogP contribution in [-0.2, 0) is 0 Å². The van der Waals surface area contributed by atoms with Crippen LogP contribution in [0.2, 0.25) is 0 Å². The maximum Gasteiger partial charge on any atom is 0.0404 e. The van der Waals surface area contributed by atoms with Crippen LogP contribution in [0.5, 0.6) is 0 Å². The second-order valence-electron chi connectivity index (χ2n) is 11.3. The van der Waals surface area contributed by atoms with Gasteiger partial charge in [-0.25, -0.2) is 0 Å². The molecule has 5 rings (SSSR count). The third-order valence-corrected chi connectivity index (χ3v) is 6.53. The number of pyridine rings is 4. The molecule has 0 saturated carbocycles. The van der Waals surface area contributed by atoms with E-state index in [1.807, 2.05) is 91.9 Å². The fourth-order valence-corrected chi connectivity index (χ4v) is 3.93. The van der Waals surface area contributed by atoms with Crippen LogP contribution >= 0.6 is 0 Å². The van der Waals surface area contributed by atoms with Crippen molar-refractivity contribution in [1.29, 1.82) is 0 Å². The van der Waals surface area contributed by atoms with Crippen molar-refractivity contribution in [2.24, 2.45) is 0 Å². The third-order valence-electron chi connectivity index (χ3n) is 6.53. The van der Waals surface area contributed by atoms with Gasteiger partial charge in [-0.2, -0.15) is 0 Å². The number of hydrogen-bond donors (Lipinski definition) is 0. The van der Waals surface area contributed by atoms with Gasteiger partial charge < -0.3 is 9.80 Å². The molecule has 4 aromatic heterocycles. The van der Waals surface area contributed by atoms with Gasteiger partial charge in [0.15, 0.2) is 0 Å². The molecule has 5 heterocycles. The zero-order valence-corrected chi connectivity index (χ0v) is 28.3. The predicted molar refractivity (Wildman–Crippen MR) is 179 cm³/mol. The van der Waals surface area contributed by atoms with Crippen LogP contribution in [0.1, 0.15) is 56.5 Å². The first kappa shape index (κ1) is 36.5. The maximum atomic E-state index is 4.27. The standard InChI is InChI=1S/2C8H11N.2C7H9N.C6H14N2/c1-6-4-7(2)9-8(3)5-6;1-6-4-5-7(2)9-8(6)3;1-6-3-4-7(2)8-5-6;1-6-4-3-5-7(2)8-6;1-7-3-5-8(2)6-4-7/h2*4-5H,1-3H3;2*3-5H,1-2H3;3-6H2,1-2H3. The quantitative estimate of drug-likeness (QED) is 0.222. The van der Waals surface area contributed by atoms with Crippen LogP contribution in [0.25, 0.3) is 0 Å². The predicted octanol–water partition coefficient (Wildman–Crippen LogP) is 7.27. The molecule has 1 aliphatic rings. The van der Waals surface area contributed by atoms with Crippen molar-refractivity contribution in [3.63, 3.8) is 0 Å². The summed E-state index contributed by atoms with van der Waals surface area (Å²) in [6.45, 7) is 25.2. The van der Waals surface area contributed by atoms with Gasteiger partial charge in [0.1, 0.15) is 0 Å². The van der Waals surface area contributed by atoms with Crippen LogP contribution in [0.4, 0.5) is 0 Å². The second kappa shape index (κ2) is 19.6. The minimum Gasteiger partial charge on any atom is -0.304 e. The lowest BCUT2D eigenvalue weighted by Gasteiger charge is -2.28. The lowest BCUT2D eigenvalue weighted by Crippen LogP contribution is -2.42. The Balaban J connectivity index is 0.000000263. The first-order chi connectivity index (χ1) is 19.7. The van der Waals surface area contributed by atoms with Crippen LogP contribution in [-0.4, -0.2) is 70.0 Å². The molecule has 1 aliphatic heterocycles. The van der Waals surface area contributed by atoms with Crippen molar-refractivity contribution in [1.82, 2.24) is 29.7 Å². The van der Waals surface area contributed by atoms with Gasteiger partial charge in [-0.3, -0.25) is 19.9 Å². The summed E-state index contributed by atoms with van der Waals surface area (Å²) in [5.41, 5.74) is 11.5. The van der Waals surface area contributed by atoms with Crippen LogP contribution in [0, 0.1) is 69.2 Å². The molecular formula is C36H54N6. The van der Waals surface area contributed by atoms with Gasteiger partial charge >= 0.3 is 0 Å². The largest absolute Gasteiger partial charge is 0.304 e. The topological polar surface area (TPSA) is 58.0 Å². The Morgan fingerprint density at radius 3 is 1.26 bits per heavy atom. The highest BCUT2D eigenvalue weighted by Gasteiger charge is 2.07. The molecule has 1 saturated heterocycles. The summed E-state index contributed by atoms with van der Waals surface area (Å²) in [5.74, 6) is 0. The minimum absolute atomic E-state index is 1.08. The minimum atomic E-state index is 1.08. The third kappa shape index (κ3) is 17.4. The van der Waals surface area contributed by atoms with E-state index in [2.05, 4.69) is 81.9 Å². The number of hydrogen-bond acceptors (Lipinski definition) is 6. The summed E-state index contributed by atoms with van der Waals surface area (Å²) in [6.07, 6.45) is 1.87. The van der Waals surface area contributed by atoms with Gasteiger partial charge in [-0.05, 0) is 136 Å². The number of likely N-dealkylation sites (N-methyl/N-ethyl adjacent to an activating group) is 2. The first-order valence-corrected chi connectivity index (χ1v) is 14.7. The first-order valence-electron chi connectivity index (χ1n) is 14.7. The molecule has 6 heteroatoms. The van der Waals surface area contributed by atoms with E-state index in [0.29, 0.717) is 0 Å². The van der Waals surface area contributed by atoms with E-state index in [0.717, 1.165) is 39.9 Å². The van der Waals surface area contributed by atoms with Crippen molar-refractivity contribution in [2.45, 2.75) is 69.2 Å². The fourth-order valence-electron chi connectivity index (χ4n) is 3.93. The highest BCUT2D eigenvalue weighted by atomic mass is 15.2. The highest BCUT2D eigenvalue weighted by molar-refractivity contribution is 5.19. The van der Waals surface area contributed by atoms with E-state index in [9.17, 15) is 0 Å². The molecule has 0 spiro atoms. The van der Waals surface area contributed by atoms with Gasteiger partial charge in [0, 0.05) is 72.2 Å². The van der Waals surface area contributed by atoms with Crippen molar-refractivity contribution < 1.29 is 0 Å². The smallest absolute Gasteiger partial charge is 0.0404 e. The van der Waals surface area contributed by atoms with E-state index in [4.69, 9.17) is 0 Å². The fraction of sp³-hybridized carbons (Fsp3) is 0.444. The number of rotatable bonds is 0. The number of nitrogens with zero attached hydrogens (tertiary/aromatic N) is 6. The molecular weight excluding hydrogens is 516 g/mol. The lowest BCUT2D eigenvalue weighted by atomic mass is 10.2. The molecule has 42 heavy (non-hydrogen) atoms. The molecule has 6 nitrogen and oxygen atoms in total. The lowest BCUT2D eigenvalue weighted by molar-refractivity contribution is 0.181. The molecule has 0 atom stereocenters. The average molecular weight is 571 g/mol. The Kier molecular flexibility index (Phi) is 17.1. The zero-order chi connectivity index (χ0) is 31.7. The van der Waals surface area contributed by atoms with E-state index in [-0.39, 0.29) is 0 Å². The summed E-state index contributed by atoms with van der Waals surface area (Å²) in [7, 11) is 4.35. The summed E-state index contributed by atoms with van der Waals surface area (Å²) < 4.78 is 0. The van der Waals surface area contributed by atoms with Crippen molar-refractivity contribution in [3.8, 4) is 0 Å². The Morgan fingerprint density at radius 1 is 0.476 bits per heavy atom. The van der Waals surface area contributed by atoms with Gasteiger partial charge in [-0.1, -0.05) is 18.2 Å². The van der Waals surface area contributed by atoms with Crippen molar-refractivity contribution >= 4 is 0 Å². The molecule has 0 amide bonds. The average Bonchev–Trinajstić information content (AvgIpc) is 2.90. The normalized spacial score (nSPS) is 12.7. The molecule has 0 radical (unpaired) electrons. The van der Waals surface area contributed by atoms with Gasteiger partial charge in [0.05, 0.1) is 0 Å². The van der Waals surface area contributed by atoms with Crippen LogP contribution in [0.15, 0.2) is 60.8 Å². The maximum absolute atomic E-state index is 4.27. The molecule has 228 valence electrons. The molecule has 1 fully saturated rings. The zero-order valence-electron chi connectivity index (χ0n) is 28.3. The molecule has 0 aromatic carbocycles. The highest BCUT2D eigenvalue weighted by Crippen LogP contribution is 2.03. The van der Waals surface area contributed by atoms with Crippen LogP contribution < -0.4 is 0 Å². The SMILES string of the molecule is CN1CCN(C)CC1.Cc1cc(C)nc(C)c1.Cc1ccc(C)c(C)n1.Cc1ccc(C)nc1.Cc1cccc(C)n1. The van der Waals surface area contributed by atoms with Crippen molar-refractivity contribution in [3.05, 3.63) is 117 Å². The Morgan fingerprint density at radius 2 is 0.929 bits per heavy atom. The van der Waals surface area contributed by atoms with Crippen molar-refractivity contribution in [2.75, 3.05) is 40.3 Å². The Bertz CT molecular complexity index is 1210. The molecule has 0 bridgehead atoms. The second-order valence-corrected chi connectivity index (χ2v) is 11.3. The van der Waals surface area contributed by atoms with E-state index >= 15 is 0 Å². The molecule has 4 aromatic rings. The summed E-state index contributed by atoms with van der Waals surface area (Å²) >= 11 is 0. The van der Waals surface area contributed by atoms with Gasteiger partial charge in [0.2, 0.25) is 0 Å². The summed E-state index contributed by atoms with van der Waals surface area (Å²) in [6, 6.07) is 18.3. The van der Waals surface area contributed by atoms with E-state index in [1.54, 1.807) is 0 Å². The van der Waals surface area contributed by atoms with Crippen LogP contribution in [0.3, 0.4) is 0 Å². The summed E-state index contributed by atoms with van der Waals surface area (Å²) in [4.78, 5) is 21.5. The Labute approximate surface area is 256 Å².